The topological polar surface area (TPSA) is 15.3 Å². The highest BCUT2D eigenvalue weighted by atomic mass is 19.1. The maximum atomic E-state index is 13.3. The summed E-state index contributed by atoms with van der Waals surface area (Å²) < 4.78 is 13.3. The molecule has 0 amide bonds. The van der Waals surface area contributed by atoms with Gasteiger partial charge in [0.05, 0.1) is 6.04 Å². The molecule has 3 heteroatoms. The molecule has 1 N–H and O–H groups in total. The SMILES string of the molecule is CCc1ccc(C(c2ccc(F)cc2)N2CCCNCC2)cc1. The van der Waals surface area contributed by atoms with E-state index in [9.17, 15) is 4.39 Å². The van der Waals surface area contributed by atoms with Crippen molar-refractivity contribution in [1.82, 2.24) is 10.2 Å². The lowest BCUT2D eigenvalue weighted by atomic mass is 9.95. The van der Waals surface area contributed by atoms with Crippen molar-refractivity contribution in [2.45, 2.75) is 25.8 Å². The highest BCUT2D eigenvalue weighted by molar-refractivity contribution is 5.34. The number of halogens is 1. The van der Waals surface area contributed by atoms with Gasteiger partial charge in [-0.2, -0.15) is 0 Å². The summed E-state index contributed by atoms with van der Waals surface area (Å²) in [5.41, 5.74) is 3.80. The molecule has 1 unspecified atom stereocenters. The van der Waals surface area contributed by atoms with Crippen LogP contribution in [0.3, 0.4) is 0 Å². The van der Waals surface area contributed by atoms with Crippen LogP contribution in [0.5, 0.6) is 0 Å². The van der Waals surface area contributed by atoms with Crippen molar-refractivity contribution < 1.29 is 4.39 Å². The third kappa shape index (κ3) is 3.98. The standard InChI is InChI=1S/C20H25FN2/c1-2-16-4-6-17(7-5-16)20(18-8-10-19(21)11-9-18)23-14-3-12-22-13-15-23/h4-11,20,22H,2-3,12-15H2,1H3. The summed E-state index contributed by atoms with van der Waals surface area (Å²) in [6.45, 7) is 6.32. The minimum Gasteiger partial charge on any atom is -0.315 e. The Balaban J connectivity index is 1.95. The lowest BCUT2D eigenvalue weighted by Gasteiger charge is -2.31. The van der Waals surface area contributed by atoms with Gasteiger partial charge in [-0.25, -0.2) is 4.39 Å². The molecule has 2 aromatic carbocycles. The van der Waals surface area contributed by atoms with Gasteiger partial charge in [-0.05, 0) is 48.2 Å². The van der Waals surface area contributed by atoms with Crippen LogP contribution in [0.2, 0.25) is 0 Å². The first-order valence-corrected chi connectivity index (χ1v) is 8.57. The highest BCUT2D eigenvalue weighted by Gasteiger charge is 2.23. The van der Waals surface area contributed by atoms with Gasteiger partial charge < -0.3 is 5.32 Å². The minimum atomic E-state index is -0.175. The van der Waals surface area contributed by atoms with Gasteiger partial charge in [-0.3, -0.25) is 4.90 Å². The van der Waals surface area contributed by atoms with Crippen LogP contribution in [0.1, 0.15) is 36.1 Å². The van der Waals surface area contributed by atoms with E-state index in [-0.39, 0.29) is 11.9 Å². The zero-order valence-electron chi connectivity index (χ0n) is 13.8. The van der Waals surface area contributed by atoms with Crippen LogP contribution in [0.25, 0.3) is 0 Å². The average Bonchev–Trinajstić information content (AvgIpc) is 2.87. The Morgan fingerprint density at radius 2 is 1.61 bits per heavy atom. The first-order valence-electron chi connectivity index (χ1n) is 8.57. The van der Waals surface area contributed by atoms with Gasteiger partial charge in [0.1, 0.15) is 5.82 Å². The van der Waals surface area contributed by atoms with E-state index in [4.69, 9.17) is 0 Å². The molecule has 1 heterocycles. The molecule has 0 aliphatic carbocycles. The van der Waals surface area contributed by atoms with Gasteiger partial charge in [0.2, 0.25) is 0 Å². The molecule has 1 saturated heterocycles. The molecular weight excluding hydrogens is 287 g/mol. The van der Waals surface area contributed by atoms with Crippen LogP contribution < -0.4 is 5.32 Å². The van der Waals surface area contributed by atoms with Crippen LogP contribution in [0, 0.1) is 5.82 Å². The molecule has 2 aromatic rings. The minimum absolute atomic E-state index is 0.175. The molecule has 0 bridgehead atoms. The number of nitrogens with one attached hydrogen (secondary N) is 1. The molecule has 2 nitrogen and oxygen atoms in total. The molecule has 0 spiro atoms. The van der Waals surface area contributed by atoms with Gasteiger partial charge in [0, 0.05) is 19.6 Å². The number of hydrogen-bond donors (Lipinski definition) is 1. The average molecular weight is 312 g/mol. The molecule has 3 rings (SSSR count). The predicted molar refractivity (Wildman–Crippen MR) is 93.1 cm³/mol. The van der Waals surface area contributed by atoms with Crippen molar-refractivity contribution in [2.24, 2.45) is 0 Å². The summed E-state index contributed by atoms with van der Waals surface area (Å²) in [5.74, 6) is -0.175. The third-order valence-electron chi connectivity index (χ3n) is 4.63. The summed E-state index contributed by atoms with van der Waals surface area (Å²) in [6, 6.07) is 16.1. The van der Waals surface area contributed by atoms with Crippen molar-refractivity contribution in [2.75, 3.05) is 26.2 Å². The Morgan fingerprint density at radius 3 is 2.26 bits per heavy atom. The molecule has 122 valence electrons. The number of aryl methyl sites for hydroxylation is 1. The largest absolute Gasteiger partial charge is 0.315 e. The Hall–Kier alpha value is -1.71. The number of nitrogens with zero attached hydrogens (tertiary/aromatic N) is 1. The fourth-order valence-corrected chi connectivity index (χ4v) is 3.32. The van der Waals surface area contributed by atoms with Crippen molar-refractivity contribution in [3.8, 4) is 0 Å². The number of benzene rings is 2. The molecule has 0 aromatic heterocycles. The summed E-state index contributed by atoms with van der Waals surface area (Å²) >= 11 is 0. The maximum Gasteiger partial charge on any atom is 0.123 e. The summed E-state index contributed by atoms with van der Waals surface area (Å²) in [7, 11) is 0. The first-order chi connectivity index (χ1) is 11.3. The van der Waals surface area contributed by atoms with Crippen molar-refractivity contribution in [1.29, 1.82) is 0 Å². The quantitative estimate of drug-likeness (QED) is 0.924. The Kier molecular flexibility index (Phi) is 5.42. The van der Waals surface area contributed by atoms with Crippen LogP contribution >= 0.6 is 0 Å². The van der Waals surface area contributed by atoms with Crippen LogP contribution in [0.4, 0.5) is 4.39 Å². The Labute approximate surface area is 138 Å². The third-order valence-corrected chi connectivity index (χ3v) is 4.63. The second kappa shape index (κ2) is 7.71. The normalized spacial score (nSPS) is 17.7. The van der Waals surface area contributed by atoms with E-state index >= 15 is 0 Å². The zero-order valence-corrected chi connectivity index (χ0v) is 13.8. The molecule has 1 aliphatic rings. The molecule has 23 heavy (non-hydrogen) atoms. The molecular formula is C20H25FN2. The summed E-state index contributed by atoms with van der Waals surface area (Å²) in [6.07, 6.45) is 2.19. The van der Waals surface area contributed by atoms with Gasteiger partial charge >= 0.3 is 0 Å². The van der Waals surface area contributed by atoms with Gasteiger partial charge in [-0.1, -0.05) is 43.3 Å². The maximum absolute atomic E-state index is 13.3. The lowest BCUT2D eigenvalue weighted by Crippen LogP contribution is -2.33. The lowest BCUT2D eigenvalue weighted by molar-refractivity contribution is 0.241. The van der Waals surface area contributed by atoms with Crippen molar-refractivity contribution in [3.05, 3.63) is 71.0 Å². The first kappa shape index (κ1) is 16.2. The van der Waals surface area contributed by atoms with E-state index in [0.717, 1.165) is 44.6 Å². The predicted octanol–water partition coefficient (Wildman–Crippen LogP) is 3.77. The molecule has 1 aliphatic heterocycles. The van der Waals surface area contributed by atoms with E-state index in [1.54, 1.807) is 12.1 Å². The van der Waals surface area contributed by atoms with E-state index in [1.165, 1.54) is 11.1 Å². The smallest absolute Gasteiger partial charge is 0.123 e. The molecule has 0 radical (unpaired) electrons. The van der Waals surface area contributed by atoms with Crippen molar-refractivity contribution in [3.63, 3.8) is 0 Å². The van der Waals surface area contributed by atoms with Crippen LogP contribution in [-0.2, 0) is 6.42 Å². The van der Waals surface area contributed by atoms with E-state index in [2.05, 4.69) is 41.4 Å². The van der Waals surface area contributed by atoms with Gasteiger partial charge in [0.15, 0.2) is 0 Å². The van der Waals surface area contributed by atoms with E-state index in [0.29, 0.717) is 0 Å². The van der Waals surface area contributed by atoms with Crippen LogP contribution in [0.15, 0.2) is 48.5 Å². The van der Waals surface area contributed by atoms with Crippen LogP contribution in [-0.4, -0.2) is 31.1 Å². The fourth-order valence-electron chi connectivity index (χ4n) is 3.32. The Bertz CT molecular complexity index is 599. The zero-order chi connectivity index (χ0) is 16.1. The number of rotatable bonds is 4. The van der Waals surface area contributed by atoms with E-state index < -0.39 is 0 Å². The fraction of sp³-hybridized carbons (Fsp3) is 0.400. The molecule has 1 atom stereocenters. The molecule has 1 fully saturated rings. The summed E-state index contributed by atoms with van der Waals surface area (Å²) in [5, 5.41) is 3.46. The highest BCUT2D eigenvalue weighted by Crippen LogP contribution is 2.29. The van der Waals surface area contributed by atoms with Gasteiger partial charge in [0.25, 0.3) is 0 Å². The van der Waals surface area contributed by atoms with E-state index in [1.807, 2.05) is 12.1 Å². The molecule has 0 saturated carbocycles. The van der Waals surface area contributed by atoms with Crippen molar-refractivity contribution >= 4 is 0 Å². The second-order valence-corrected chi connectivity index (χ2v) is 6.19. The summed E-state index contributed by atoms with van der Waals surface area (Å²) in [4.78, 5) is 2.51. The van der Waals surface area contributed by atoms with Gasteiger partial charge in [-0.15, -0.1) is 0 Å². The second-order valence-electron chi connectivity index (χ2n) is 6.19. The number of hydrogen-bond acceptors (Lipinski definition) is 2. The Morgan fingerprint density at radius 1 is 0.957 bits per heavy atom. The monoisotopic (exact) mass is 312 g/mol.